The molecule has 3 aromatic rings. The lowest BCUT2D eigenvalue weighted by molar-refractivity contribution is -0.384. The summed E-state index contributed by atoms with van der Waals surface area (Å²) in [7, 11) is 1.92. The Hall–Kier alpha value is -3.06. The van der Waals surface area contributed by atoms with E-state index < -0.39 is 0 Å². The molecule has 0 unspecified atom stereocenters. The first kappa shape index (κ1) is 17.8. The maximum Gasteiger partial charge on any atom is 0.269 e. The maximum absolute atomic E-state index is 11.0. The number of benzene rings is 2. The molecule has 0 saturated heterocycles. The summed E-state index contributed by atoms with van der Waals surface area (Å²) in [4.78, 5) is 17.0. The molecule has 0 N–H and O–H groups in total. The maximum atomic E-state index is 11.0. The van der Waals surface area contributed by atoms with Crippen LogP contribution < -0.4 is 0 Å². The highest BCUT2D eigenvalue weighted by Gasteiger charge is 2.18. The molecule has 7 nitrogen and oxygen atoms in total. The molecule has 1 heterocycles. The summed E-state index contributed by atoms with van der Waals surface area (Å²) in [5.41, 5.74) is 3.00. The molecule has 0 spiro atoms. The van der Waals surface area contributed by atoms with E-state index in [0.717, 1.165) is 11.1 Å². The highest BCUT2D eigenvalue weighted by Crippen LogP contribution is 2.24. The summed E-state index contributed by atoms with van der Waals surface area (Å²) in [6, 6.07) is 14.5. The molecule has 0 saturated carbocycles. The van der Waals surface area contributed by atoms with Crippen LogP contribution >= 0.6 is 0 Å². The standard InChI is InChI=1S/C19H20N4O3/c1-13-7-9-15(10-8-13)19-20-18(21-26-19)12-22(3)14(2)16-5-4-6-17(11-16)23(24)25/h4-11,14H,12H2,1-3H3/t14-/m0/s1. The molecular formula is C19H20N4O3. The Morgan fingerprint density at radius 2 is 1.96 bits per heavy atom. The third kappa shape index (κ3) is 3.94. The van der Waals surface area contributed by atoms with Gasteiger partial charge in [0.25, 0.3) is 11.6 Å². The van der Waals surface area contributed by atoms with Crippen LogP contribution in [-0.2, 0) is 6.54 Å². The molecule has 0 radical (unpaired) electrons. The topological polar surface area (TPSA) is 85.3 Å². The molecule has 134 valence electrons. The van der Waals surface area contributed by atoms with Crippen molar-refractivity contribution < 1.29 is 9.45 Å². The molecule has 0 bridgehead atoms. The van der Waals surface area contributed by atoms with Crippen molar-refractivity contribution >= 4 is 5.69 Å². The van der Waals surface area contributed by atoms with Gasteiger partial charge in [0.05, 0.1) is 11.5 Å². The Bertz CT molecular complexity index is 905. The van der Waals surface area contributed by atoms with Gasteiger partial charge in [-0.05, 0) is 38.6 Å². The molecule has 0 aliphatic heterocycles. The number of hydrogen-bond donors (Lipinski definition) is 0. The van der Waals surface area contributed by atoms with Gasteiger partial charge in [0.15, 0.2) is 5.82 Å². The predicted octanol–water partition coefficient (Wildman–Crippen LogP) is 4.15. The number of nitrogens with zero attached hydrogens (tertiary/aromatic N) is 4. The number of rotatable bonds is 6. The van der Waals surface area contributed by atoms with Crippen LogP contribution in [0.1, 0.15) is 29.9 Å². The van der Waals surface area contributed by atoms with Gasteiger partial charge in [0.2, 0.25) is 0 Å². The minimum atomic E-state index is -0.386. The van der Waals surface area contributed by atoms with E-state index in [4.69, 9.17) is 4.52 Å². The van der Waals surface area contributed by atoms with Gasteiger partial charge in [-0.2, -0.15) is 4.98 Å². The number of hydrogen-bond acceptors (Lipinski definition) is 6. The summed E-state index contributed by atoms with van der Waals surface area (Å²) in [5, 5.41) is 15.0. The minimum absolute atomic E-state index is 0.0313. The Morgan fingerprint density at radius 1 is 1.23 bits per heavy atom. The van der Waals surface area contributed by atoms with E-state index in [2.05, 4.69) is 10.1 Å². The monoisotopic (exact) mass is 352 g/mol. The third-order valence-corrected chi connectivity index (χ3v) is 4.38. The lowest BCUT2D eigenvalue weighted by atomic mass is 10.1. The van der Waals surface area contributed by atoms with Crippen LogP contribution in [0.5, 0.6) is 0 Å². The number of non-ortho nitro benzene ring substituents is 1. The van der Waals surface area contributed by atoms with Gasteiger partial charge in [-0.25, -0.2) is 0 Å². The van der Waals surface area contributed by atoms with Crippen LogP contribution in [0.25, 0.3) is 11.5 Å². The molecule has 0 amide bonds. The summed E-state index contributed by atoms with van der Waals surface area (Å²) in [5.74, 6) is 1.05. The zero-order valence-electron chi connectivity index (χ0n) is 14.9. The minimum Gasteiger partial charge on any atom is -0.334 e. The first-order valence-corrected chi connectivity index (χ1v) is 8.28. The average Bonchev–Trinajstić information content (AvgIpc) is 3.10. The first-order valence-electron chi connectivity index (χ1n) is 8.28. The van der Waals surface area contributed by atoms with Crippen LogP contribution in [0.2, 0.25) is 0 Å². The Balaban J connectivity index is 1.71. The largest absolute Gasteiger partial charge is 0.334 e. The predicted molar refractivity (Wildman–Crippen MR) is 97.4 cm³/mol. The summed E-state index contributed by atoms with van der Waals surface area (Å²) < 4.78 is 5.35. The lowest BCUT2D eigenvalue weighted by Gasteiger charge is -2.23. The van der Waals surface area contributed by atoms with E-state index in [1.807, 2.05) is 56.1 Å². The molecule has 0 aliphatic rings. The van der Waals surface area contributed by atoms with Gasteiger partial charge in [-0.15, -0.1) is 0 Å². The Morgan fingerprint density at radius 3 is 2.65 bits per heavy atom. The Kier molecular flexibility index (Phi) is 5.09. The molecule has 1 atom stereocenters. The second kappa shape index (κ2) is 7.45. The lowest BCUT2D eigenvalue weighted by Crippen LogP contribution is -2.22. The second-order valence-corrected chi connectivity index (χ2v) is 6.32. The third-order valence-electron chi connectivity index (χ3n) is 4.38. The molecule has 2 aromatic carbocycles. The fourth-order valence-corrected chi connectivity index (χ4v) is 2.64. The SMILES string of the molecule is Cc1ccc(-c2nc(CN(C)[C@@H](C)c3cccc([N+](=O)[O-])c3)no2)cc1. The van der Waals surface area contributed by atoms with E-state index in [1.165, 1.54) is 11.6 Å². The highest BCUT2D eigenvalue weighted by atomic mass is 16.6. The van der Waals surface area contributed by atoms with E-state index >= 15 is 0 Å². The van der Waals surface area contributed by atoms with E-state index in [1.54, 1.807) is 12.1 Å². The zero-order chi connectivity index (χ0) is 18.7. The van der Waals surface area contributed by atoms with Gasteiger partial charge in [0.1, 0.15) is 0 Å². The summed E-state index contributed by atoms with van der Waals surface area (Å²) in [6.07, 6.45) is 0. The van der Waals surface area contributed by atoms with Crippen molar-refractivity contribution in [1.29, 1.82) is 0 Å². The van der Waals surface area contributed by atoms with Gasteiger partial charge >= 0.3 is 0 Å². The fraction of sp³-hybridized carbons (Fsp3) is 0.263. The molecule has 0 fully saturated rings. The van der Waals surface area contributed by atoms with Crippen molar-refractivity contribution in [3.63, 3.8) is 0 Å². The van der Waals surface area contributed by atoms with E-state index in [0.29, 0.717) is 18.3 Å². The van der Waals surface area contributed by atoms with Crippen LogP contribution in [-0.4, -0.2) is 27.0 Å². The normalized spacial score (nSPS) is 12.3. The van der Waals surface area contributed by atoms with Crippen LogP contribution in [0.3, 0.4) is 0 Å². The van der Waals surface area contributed by atoms with Crippen molar-refractivity contribution in [1.82, 2.24) is 15.0 Å². The molecule has 3 rings (SSSR count). The van der Waals surface area contributed by atoms with Crippen molar-refractivity contribution in [2.24, 2.45) is 0 Å². The van der Waals surface area contributed by atoms with Gasteiger partial charge in [-0.3, -0.25) is 15.0 Å². The summed E-state index contributed by atoms with van der Waals surface area (Å²) in [6.45, 7) is 4.48. The summed E-state index contributed by atoms with van der Waals surface area (Å²) >= 11 is 0. The Labute approximate surface area is 151 Å². The van der Waals surface area contributed by atoms with Crippen molar-refractivity contribution in [2.45, 2.75) is 26.4 Å². The van der Waals surface area contributed by atoms with Crippen LogP contribution in [0, 0.1) is 17.0 Å². The van der Waals surface area contributed by atoms with Crippen LogP contribution in [0.15, 0.2) is 53.1 Å². The number of aromatic nitrogens is 2. The number of aryl methyl sites for hydroxylation is 1. The number of nitro groups is 1. The zero-order valence-corrected chi connectivity index (χ0v) is 14.9. The van der Waals surface area contributed by atoms with Crippen molar-refractivity contribution in [3.8, 4) is 11.5 Å². The highest BCUT2D eigenvalue weighted by molar-refractivity contribution is 5.53. The average molecular weight is 352 g/mol. The van der Waals surface area contributed by atoms with Gasteiger partial charge in [0, 0.05) is 23.7 Å². The fourth-order valence-electron chi connectivity index (χ4n) is 2.64. The molecular weight excluding hydrogens is 332 g/mol. The second-order valence-electron chi connectivity index (χ2n) is 6.32. The smallest absolute Gasteiger partial charge is 0.269 e. The first-order chi connectivity index (χ1) is 12.4. The molecule has 7 heteroatoms. The van der Waals surface area contributed by atoms with E-state index in [9.17, 15) is 10.1 Å². The molecule has 26 heavy (non-hydrogen) atoms. The van der Waals surface area contributed by atoms with Gasteiger partial charge in [-0.1, -0.05) is 35.0 Å². The van der Waals surface area contributed by atoms with Crippen molar-refractivity contribution in [3.05, 3.63) is 75.6 Å². The van der Waals surface area contributed by atoms with Crippen LogP contribution in [0.4, 0.5) is 5.69 Å². The molecule has 1 aromatic heterocycles. The van der Waals surface area contributed by atoms with Crippen molar-refractivity contribution in [2.75, 3.05) is 7.05 Å². The molecule has 0 aliphatic carbocycles. The van der Waals surface area contributed by atoms with E-state index in [-0.39, 0.29) is 16.7 Å². The van der Waals surface area contributed by atoms with Gasteiger partial charge < -0.3 is 4.52 Å². The number of nitro benzene ring substituents is 1. The quantitative estimate of drug-likeness (QED) is 0.489.